The van der Waals surface area contributed by atoms with Crippen molar-refractivity contribution in [3.8, 4) is 0 Å². The van der Waals surface area contributed by atoms with Crippen LogP contribution in [-0.4, -0.2) is 29.6 Å². The van der Waals surface area contributed by atoms with E-state index in [1.54, 1.807) is 0 Å². The van der Waals surface area contributed by atoms with Gasteiger partial charge in [-0.2, -0.15) is 0 Å². The zero-order valence-electron chi connectivity index (χ0n) is 13.3. The van der Waals surface area contributed by atoms with Gasteiger partial charge in [0.1, 0.15) is 17.7 Å². The Bertz CT molecular complexity index is 738. The first-order chi connectivity index (χ1) is 12.0. The average Bonchev–Trinajstić information content (AvgIpc) is 2.57. The highest BCUT2D eigenvalue weighted by molar-refractivity contribution is 5.94. The number of carbonyl (C=O) groups excluding carboxylic acids is 1. The number of carbonyl (C=O) groups is 2. The lowest BCUT2D eigenvalue weighted by molar-refractivity contribution is -0.141. The molecule has 0 saturated carbocycles. The summed E-state index contributed by atoms with van der Waals surface area (Å²) in [6.45, 7) is 0.374. The zero-order chi connectivity index (χ0) is 18.2. The van der Waals surface area contributed by atoms with E-state index in [2.05, 4.69) is 10.6 Å². The summed E-state index contributed by atoms with van der Waals surface area (Å²) >= 11 is 0. The van der Waals surface area contributed by atoms with E-state index in [4.69, 9.17) is 0 Å². The molecule has 2 aromatic rings. The fourth-order valence-corrected chi connectivity index (χ4v) is 2.26. The summed E-state index contributed by atoms with van der Waals surface area (Å²) in [5, 5.41) is 14.3. The van der Waals surface area contributed by atoms with Crippen molar-refractivity contribution in [2.45, 2.75) is 18.9 Å². The number of hydrogen-bond donors (Lipinski definition) is 3. The lowest BCUT2D eigenvalue weighted by Gasteiger charge is -2.14. The van der Waals surface area contributed by atoms with Crippen LogP contribution in [0.15, 0.2) is 48.5 Å². The number of amides is 1. The van der Waals surface area contributed by atoms with Gasteiger partial charge in [0.2, 0.25) is 5.91 Å². The Morgan fingerprint density at radius 1 is 1.08 bits per heavy atom. The minimum absolute atomic E-state index is 0.195. The van der Waals surface area contributed by atoms with Crippen LogP contribution in [-0.2, 0) is 16.0 Å². The van der Waals surface area contributed by atoms with Gasteiger partial charge in [-0.15, -0.1) is 0 Å². The van der Waals surface area contributed by atoms with Crippen molar-refractivity contribution in [1.29, 1.82) is 0 Å². The molecule has 3 N–H and O–H groups in total. The van der Waals surface area contributed by atoms with Crippen LogP contribution in [0.25, 0.3) is 0 Å². The highest BCUT2D eigenvalue weighted by Crippen LogP contribution is 2.15. The van der Waals surface area contributed by atoms with E-state index < -0.39 is 29.6 Å². The van der Waals surface area contributed by atoms with Crippen LogP contribution in [0.1, 0.15) is 12.0 Å². The predicted octanol–water partition coefficient (Wildman–Crippen LogP) is 2.58. The lowest BCUT2D eigenvalue weighted by atomic mass is 10.1. The molecule has 0 aliphatic rings. The molecule has 2 rings (SSSR count). The first-order valence-electron chi connectivity index (χ1n) is 7.70. The fourth-order valence-electron chi connectivity index (χ4n) is 2.26. The number of rotatable bonds is 8. The molecule has 0 aliphatic heterocycles. The van der Waals surface area contributed by atoms with Gasteiger partial charge in [0.05, 0.1) is 12.1 Å². The Hall–Kier alpha value is -2.80. The summed E-state index contributed by atoms with van der Waals surface area (Å²) in [4.78, 5) is 23.2. The van der Waals surface area contributed by atoms with Crippen LogP contribution in [0, 0.1) is 11.6 Å². The van der Waals surface area contributed by atoms with Gasteiger partial charge in [0, 0.05) is 6.07 Å². The largest absolute Gasteiger partial charge is 0.480 e. The SMILES string of the molecule is O=C(C[C@H](NCCc1ccccc1)C(=O)O)Nc1ccc(F)cc1F. The summed E-state index contributed by atoms with van der Waals surface area (Å²) in [5.74, 6) is -3.54. The molecule has 0 spiro atoms. The molecule has 25 heavy (non-hydrogen) atoms. The van der Waals surface area contributed by atoms with Crippen molar-refractivity contribution < 1.29 is 23.5 Å². The Morgan fingerprint density at radius 2 is 1.80 bits per heavy atom. The molecule has 7 heteroatoms. The number of nitrogens with one attached hydrogen (secondary N) is 2. The predicted molar refractivity (Wildman–Crippen MR) is 89.2 cm³/mol. The van der Waals surface area contributed by atoms with E-state index >= 15 is 0 Å². The maximum atomic E-state index is 13.5. The number of anilines is 1. The second kappa shape index (κ2) is 8.89. The number of hydrogen-bond acceptors (Lipinski definition) is 3. The molecule has 0 unspecified atom stereocenters. The topological polar surface area (TPSA) is 78.4 Å². The standard InChI is InChI=1S/C18H18F2N2O3/c19-13-6-7-15(14(20)10-13)22-17(23)11-16(18(24)25)21-9-8-12-4-2-1-3-5-12/h1-7,10,16,21H,8-9,11H2,(H,22,23)(H,24,25)/t16-/m0/s1. The van der Waals surface area contributed by atoms with Gasteiger partial charge in [-0.25, -0.2) is 8.78 Å². The molecule has 0 aromatic heterocycles. The highest BCUT2D eigenvalue weighted by Gasteiger charge is 2.21. The number of halogens is 2. The summed E-state index contributed by atoms with van der Waals surface area (Å²) in [5.41, 5.74) is 0.844. The number of carboxylic acid groups (broad SMARTS) is 1. The molecule has 1 amide bonds. The number of carboxylic acids is 1. The molecule has 0 saturated heterocycles. The minimum atomic E-state index is -1.18. The van der Waals surface area contributed by atoms with Crippen molar-refractivity contribution in [3.63, 3.8) is 0 Å². The maximum Gasteiger partial charge on any atom is 0.321 e. The third-order valence-electron chi connectivity index (χ3n) is 3.54. The lowest BCUT2D eigenvalue weighted by Crippen LogP contribution is -2.40. The Morgan fingerprint density at radius 3 is 2.44 bits per heavy atom. The molecule has 5 nitrogen and oxygen atoms in total. The minimum Gasteiger partial charge on any atom is -0.480 e. The second-order valence-corrected chi connectivity index (χ2v) is 5.46. The zero-order valence-corrected chi connectivity index (χ0v) is 13.3. The van der Waals surface area contributed by atoms with E-state index in [1.807, 2.05) is 30.3 Å². The molecule has 2 aromatic carbocycles. The van der Waals surface area contributed by atoms with Crippen LogP contribution >= 0.6 is 0 Å². The molecule has 0 heterocycles. The van der Waals surface area contributed by atoms with Gasteiger partial charge in [-0.1, -0.05) is 30.3 Å². The molecular formula is C18H18F2N2O3. The molecule has 1 atom stereocenters. The summed E-state index contributed by atoms with van der Waals surface area (Å²) in [6, 6.07) is 11.1. The average molecular weight is 348 g/mol. The van der Waals surface area contributed by atoms with Crippen LogP contribution in [0.2, 0.25) is 0 Å². The summed E-state index contributed by atoms with van der Waals surface area (Å²) in [7, 11) is 0. The van der Waals surface area contributed by atoms with Gasteiger partial charge in [-0.3, -0.25) is 9.59 Å². The van der Waals surface area contributed by atoms with Crippen molar-refractivity contribution in [1.82, 2.24) is 5.32 Å². The smallest absolute Gasteiger partial charge is 0.321 e. The third kappa shape index (κ3) is 5.96. The first kappa shape index (κ1) is 18.5. The molecule has 0 aliphatic carbocycles. The maximum absolute atomic E-state index is 13.5. The molecule has 0 bridgehead atoms. The van der Waals surface area contributed by atoms with E-state index in [9.17, 15) is 23.5 Å². The van der Waals surface area contributed by atoms with E-state index in [1.165, 1.54) is 0 Å². The van der Waals surface area contributed by atoms with Gasteiger partial charge < -0.3 is 15.7 Å². The Kier molecular flexibility index (Phi) is 6.59. The van der Waals surface area contributed by atoms with E-state index in [-0.39, 0.29) is 12.1 Å². The van der Waals surface area contributed by atoms with Gasteiger partial charge >= 0.3 is 5.97 Å². The Labute approximate surface area is 143 Å². The van der Waals surface area contributed by atoms with Crippen LogP contribution < -0.4 is 10.6 Å². The quantitative estimate of drug-likeness (QED) is 0.685. The van der Waals surface area contributed by atoms with Crippen molar-refractivity contribution >= 4 is 17.6 Å². The van der Waals surface area contributed by atoms with E-state index in [0.29, 0.717) is 19.0 Å². The normalized spacial score (nSPS) is 11.8. The van der Waals surface area contributed by atoms with Gasteiger partial charge in [0.25, 0.3) is 0 Å². The van der Waals surface area contributed by atoms with Crippen molar-refractivity contribution in [3.05, 3.63) is 65.7 Å². The van der Waals surface area contributed by atoms with Crippen LogP contribution in [0.3, 0.4) is 0 Å². The molecular weight excluding hydrogens is 330 g/mol. The Balaban J connectivity index is 1.87. The molecule has 132 valence electrons. The molecule has 0 radical (unpaired) electrons. The van der Waals surface area contributed by atoms with Crippen molar-refractivity contribution in [2.75, 3.05) is 11.9 Å². The number of aliphatic carboxylic acids is 1. The highest BCUT2D eigenvalue weighted by atomic mass is 19.1. The van der Waals surface area contributed by atoms with Crippen molar-refractivity contribution in [2.24, 2.45) is 0 Å². The van der Waals surface area contributed by atoms with Gasteiger partial charge in [-0.05, 0) is 30.7 Å². The second-order valence-electron chi connectivity index (χ2n) is 5.46. The van der Waals surface area contributed by atoms with Crippen LogP contribution in [0.4, 0.5) is 14.5 Å². The molecule has 0 fully saturated rings. The van der Waals surface area contributed by atoms with Gasteiger partial charge in [0.15, 0.2) is 0 Å². The third-order valence-corrected chi connectivity index (χ3v) is 3.54. The number of benzene rings is 2. The monoisotopic (exact) mass is 348 g/mol. The van der Waals surface area contributed by atoms with Crippen LogP contribution in [0.5, 0.6) is 0 Å². The fraction of sp³-hybridized carbons (Fsp3) is 0.222. The summed E-state index contributed by atoms with van der Waals surface area (Å²) < 4.78 is 26.4. The summed E-state index contributed by atoms with van der Waals surface area (Å²) in [6.07, 6.45) is 0.236. The first-order valence-corrected chi connectivity index (χ1v) is 7.70. The van der Waals surface area contributed by atoms with E-state index in [0.717, 1.165) is 17.7 Å².